The number of methoxy groups -OCH3 is 3. The highest BCUT2D eigenvalue weighted by molar-refractivity contribution is 6.22. The van der Waals surface area contributed by atoms with E-state index in [-0.39, 0.29) is 5.38 Å². The monoisotopic (exact) mass is 296 g/mol. The van der Waals surface area contributed by atoms with Gasteiger partial charge in [0.2, 0.25) is 5.75 Å². The van der Waals surface area contributed by atoms with Gasteiger partial charge in [-0.2, -0.15) is 0 Å². The summed E-state index contributed by atoms with van der Waals surface area (Å²) in [7, 11) is 4.72. The lowest BCUT2D eigenvalue weighted by atomic mass is 10.0. The van der Waals surface area contributed by atoms with Gasteiger partial charge in [-0.3, -0.25) is 0 Å². The molecule has 1 heterocycles. The molecule has 0 radical (unpaired) electrons. The molecule has 108 valence electrons. The van der Waals surface area contributed by atoms with E-state index in [1.54, 1.807) is 33.7 Å². The second-order valence-corrected chi connectivity index (χ2v) is 4.71. The van der Waals surface area contributed by atoms with Crippen LogP contribution in [-0.2, 0) is 0 Å². The number of halogens is 1. The first-order chi connectivity index (χ1) is 9.62. The molecule has 2 aromatic rings. The quantitative estimate of drug-likeness (QED) is 0.784. The van der Waals surface area contributed by atoms with Gasteiger partial charge in [-0.25, -0.2) is 0 Å². The number of ether oxygens (including phenoxy) is 3. The van der Waals surface area contributed by atoms with Crippen LogP contribution in [0.3, 0.4) is 0 Å². The first-order valence-electron chi connectivity index (χ1n) is 6.10. The predicted octanol–water partition coefficient (Wildman–Crippen LogP) is 3.94. The topological polar surface area (TPSA) is 40.8 Å². The van der Waals surface area contributed by atoms with E-state index in [1.807, 2.05) is 19.1 Å². The molecule has 1 aromatic heterocycles. The summed E-state index contributed by atoms with van der Waals surface area (Å²) in [5.41, 5.74) is 1.67. The second kappa shape index (κ2) is 6.09. The molecule has 0 aliphatic heterocycles. The van der Waals surface area contributed by atoms with Gasteiger partial charge < -0.3 is 18.6 Å². The minimum atomic E-state index is -0.387. The van der Waals surface area contributed by atoms with Crippen molar-refractivity contribution in [1.82, 2.24) is 0 Å². The van der Waals surface area contributed by atoms with Gasteiger partial charge in [-0.15, -0.1) is 11.6 Å². The molecule has 0 saturated carbocycles. The average molecular weight is 297 g/mol. The van der Waals surface area contributed by atoms with Crippen molar-refractivity contribution in [2.75, 3.05) is 21.3 Å². The van der Waals surface area contributed by atoms with Gasteiger partial charge in [-0.05, 0) is 25.1 Å². The summed E-state index contributed by atoms with van der Waals surface area (Å²) < 4.78 is 21.4. The number of furan rings is 1. The third-order valence-corrected chi connectivity index (χ3v) is 3.54. The van der Waals surface area contributed by atoms with E-state index in [1.165, 1.54) is 0 Å². The molecule has 0 fully saturated rings. The van der Waals surface area contributed by atoms with E-state index < -0.39 is 0 Å². The Morgan fingerprint density at radius 1 is 1.05 bits per heavy atom. The number of alkyl halides is 1. The first kappa shape index (κ1) is 14.6. The Kier molecular flexibility index (Phi) is 4.45. The summed E-state index contributed by atoms with van der Waals surface area (Å²) >= 11 is 6.52. The Hall–Kier alpha value is -1.81. The van der Waals surface area contributed by atoms with Crippen molar-refractivity contribution in [2.24, 2.45) is 0 Å². The number of hydrogen-bond acceptors (Lipinski definition) is 4. The smallest absolute Gasteiger partial charge is 0.203 e. The van der Waals surface area contributed by atoms with Crippen molar-refractivity contribution >= 4 is 11.6 Å². The number of aryl methyl sites for hydroxylation is 1. The summed E-state index contributed by atoms with van der Waals surface area (Å²) in [6, 6.07) is 5.56. The van der Waals surface area contributed by atoms with Crippen LogP contribution in [0.2, 0.25) is 0 Å². The Bertz CT molecular complexity index is 592. The highest BCUT2D eigenvalue weighted by Gasteiger charge is 2.23. The van der Waals surface area contributed by atoms with Crippen molar-refractivity contribution in [2.45, 2.75) is 12.3 Å². The second-order valence-electron chi connectivity index (χ2n) is 4.28. The van der Waals surface area contributed by atoms with Crippen LogP contribution in [0.15, 0.2) is 28.9 Å². The maximum atomic E-state index is 6.52. The minimum absolute atomic E-state index is 0.387. The van der Waals surface area contributed by atoms with Crippen LogP contribution in [0.4, 0.5) is 0 Å². The van der Waals surface area contributed by atoms with Crippen molar-refractivity contribution in [3.05, 3.63) is 41.3 Å². The zero-order valence-corrected chi connectivity index (χ0v) is 12.7. The number of benzene rings is 1. The Morgan fingerprint density at radius 2 is 1.75 bits per heavy atom. The maximum absolute atomic E-state index is 6.52. The molecule has 0 spiro atoms. The molecule has 0 saturated heterocycles. The molecule has 0 aliphatic rings. The molecule has 20 heavy (non-hydrogen) atoms. The molecular formula is C15H17ClO4. The van der Waals surface area contributed by atoms with Crippen LogP contribution in [0.5, 0.6) is 17.2 Å². The highest BCUT2D eigenvalue weighted by atomic mass is 35.5. The Morgan fingerprint density at radius 3 is 2.25 bits per heavy atom. The Balaban J connectivity index is 2.51. The normalized spacial score (nSPS) is 12.1. The van der Waals surface area contributed by atoms with E-state index in [9.17, 15) is 0 Å². The average Bonchev–Trinajstić information content (AvgIpc) is 2.91. The van der Waals surface area contributed by atoms with Crippen molar-refractivity contribution < 1.29 is 18.6 Å². The molecule has 5 heteroatoms. The third kappa shape index (κ3) is 2.56. The van der Waals surface area contributed by atoms with Crippen LogP contribution >= 0.6 is 11.6 Å². The zero-order chi connectivity index (χ0) is 14.7. The molecule has 1 unspecified atom stereocenters. The van der Waals surface area contributed by atoms with Gasteiger partial charge in [-0.1, -0.05) is 0 Å². The minimum Gasteiger partial charge on any atom is -0.493 e. The van der Waals surface area contributed by atoms with E-state index in [4.69, 9.17) is 30.2 Å². The predicted molar refractivity (Wildman–Crippen MR) is 77.2 cm³/mol. The molecule has 0 N–H and O–H groups in total. The first-order valence-corrected chi connectivity index (χ1v) is 6.54. The van der Waals surface area contributed by atoms with Crippen LogP contribution in [0.25, 0.3) is 0 Å². The fraction of sp³-hybridized carbons (Fsp3) is 0.333. The van der Waals surface area contributed by atoms with Gasteiger partial charge in [0.25, 0.3) is 0 Å². The van der Waals surface area contributed by atoms with E-state index in [2.05, 4.69) is 0 Å². The van der Waals surface area contributed by atoms with Gasteiger partial charge in [0.05, 0.1) is 33.0 Å². The Labute approximate surface area is 123 Å². The highest BCUT2D eigenvalue weighted by Crippen LogP contribution is 2.45. The fourth-order valence-electron chi connectivity index (χ4n) is 2.10. The van der Waals surface area contributed by atoms with Crippen molar-refractivity contribution in [3.8, 4) is 17.2 Å². The van der Waals surface area contributed by atoms with Crippen molar-refractivity contribution in [1.29, 1.82) is 0 Å². The molecule has 0 aliphatic carbocycles. The van der Waals surface area contributed by atoms with Gasteiger partial charge in [0.1, 0.15) is 5.76 Å². The van der Waals surface area contributed by atoms with E-state index in [0.717, 1.165) is 16.9 Å². The van der Waals surface area contributed by atoms with Crippen LogP contribution < -0.4 is 14.2 Å². The van der Waals surface area contributed by atoms with Gasteiger partial charge in [0.15, 0.2) is 11.5 Å². The van der Waals surface area contributed by atoms with Gasteiger partial charge in [0, 0.05) is 11.1 Å². The largest absolute Gasteiger partial charge is 0.493 e. The molecule has 4 nitrogen and oxygen atoms in total. The van der Waals surface area contributed by atoms with Crippen molar-refractivity contribution in [3.63, 3.8) is 0 Å². The molecule has 1 aromatic carbocycles. The summed E-state index contributed by atoms with van der Waals surface area (Å²) in [5.74, 6) is 2.49. The third-order valence-electron chi connectivity index (χ3n) is 3.05. The summed E-state index contributed by atoms with van der Waals surface area (Å²) in [6.07, 6.45) is 1.64. The van der Waals surface area contributed by atoms with Crippen LogP contribution in [-0.4, -0.2) is 21.3 Å². The standard InChI is InChI=1S/C15H17ClO4/c1-9-7-10(8-20-9)13(16)11-5-6-12(17-2)15(19-4)14(11)18-3/h5-8,13H,1-4H3. The molecule has 0 bridgehead atoms. The van der Waals surface area contributed by atoms with E-state index in [0.29, 0.717) is 17.2 Å². The summed E-state index contributed by atoms with van der Waals surface area (Å²) in [4.78, 5) is 0. The summed E-state index contributed by atoms with van der Waals surface area (Å²) in [5, 5.41) is -0.387. The zero-order valence-electron chi connectivity index (χ0n) is 11.9. The molecule has 2 rings (SSSR count). The van der Waals surface area contributed by atoms with Crippen LogP contribution in [0.1, 0.15) is 22.3 Å². The van der Waals surface area contributed by atoms with Gasteiger partial charge >= 0.3 is 0 Å². The van der Waals surface area contributed by atoms with E-state index >= 15 is 0 Å². The lowest BCUT2D eigenvalue weighted by Crippen LogP contribution is -2.01. The summed E-state index contributed by atoms with van der Waals surface area (Å²) in [6.45, 7) is 1.87. The fourth-order valence-corrected chi connectivity index (χ4v) is 2.39. The molecular weight excluding hydrogens is 280 g/mol. The lowest BCUT2D eigenvalue weighted by molar-refractivity contribution is 0.322. The lowest BCUT2D eigenvalue weighted by Gasteiger charge is -2.18. The molecule has 0 amide bonds. The SMILES string of the molecule is COc1ccc(C(Cl)c2coc(C)c2)c(OC)c1OC. The number of rotatable bonds is 5. The molecule has 1 atom stereocenters. The maximum Gasteiger partial charge on any atom is 0.203 e. The van der Waals surface area contributed by atoms with Crippen LogP contribution in [0, 0.1) is 6.92 Å². The number of hydrogen-bond donors (Lipinski definition) is 0.